The van der Waals surface area contributed by atoms with E-state index in [-0.39, 0.29) is 29.6 Å². The normalized spacial score (nSPS) is 16.0. The van der Waals surface area contributed by atoms with Crippen LogP contribution in [-0.4, -0.2) is 25.2 Å². The third kappa shape index (κ3) is 4.12. The van der Waals surface area contributed by atoms with Gasteiger partial charge in [0.2, 0.25) is 0 Å². The van der Waals surface area contributed by atoms with E-state index < -0.39 is 15.3 Å². The number of benzene rings is 1. The van der Waals surface area contributed by atoms with Gasteiger partial charge in [-0.2, -0.15) is 3.82 Å². The highest BCUT2D eigenvalue weighted by Gasteiger charge is 2.31. The van der Waals surface area contributed by atoms with Crippen molar-refractivity contribution in [1.82, 2.24) is 0 Å². The van der Waals surface area contributed by atoms with Crippen LogP contribution in [-0.2, 0) is 14.8 Å². The summed E-state index contributed by atoms with van der Waals surface area (Å²) in [4.78, 5) is 23.7. The second-order valence-electron chi connectivity index (χ2n) is 5.87. The molecule has 0 aliphatic heterocycles. The third-order valence-electron chi connectivity index (χ3n) is 4.07. The van der Waals surface area contributed by atoms with Crippen molar-refractivity contribution in [3.63, 3.8) is 0 Å². The van der Waals surface area contributed by atoms with Crippen molar-refractivity contribution >= 4 is 39.1 Å². The molecule has 1 aromatic rings. The molecule has 0 aromatic heterocycles. The predicted octanol–water partition coefficient (Wildman–Crippen LogP) is 3.33. The average Bonchev–Trinajstić information content (AvgIpc) is 3.38. The summed E-state index contributed by atoms with van der Waals surface area (Å²) in [6, 6.07) is 5.95. The zero-order chi connectivity index (χ0) is 17.2. The number of sulfonamides is 1. The first-order valence-electron chi connectivity index (χ1n) is 7.63. The molecule has 5 nitrogen and oxygen atoms in total. The number of anilines is 1. The van der Waals surface area contributed by atoms with Gasteiger partial charge < -0.3 is 0 Å². The predicted molar refractivity (Wildman–Crippen MR) is 90.1 cm³/mol. The van der Waals surface area contributed by atoms with E-state index in [2.05, 4.69) is 0 Å². The van der Waals surface area contributed by atoms with Gasteiger partial charge in [-0.05, 0) is 50.5 Å². The second kappa shape index (κ2) is 7.01. The van der Waals surface area contributed by atoms with Crippen LogP contribution in [0.1, 0.15) is 49.9 Å². The van der Waals surface area contributed by atoms with Crippen molar-refractivity contribution in [3.05, 3.63) is 29.8 Å². The van der Waals surface area contributed by atoms with Crippen LogP contribution in [0.2, 0.25) is 0 Å². The summed E-state index contributed by atoms with van der Waals surface area (Å²) >= 11 is 5.94. The number of halogens is 1. The Kier molecular flexibility index (Phi) is 5.47. The molecule has 0 amide bonds. The number of Topliss-reactive ketones (excluding diaryl/α,β-unsaturated/α-hetero) is 2. The first-order chi connectivity index (χ1) is 10.8. The maximum absolute atomic E-state index is 12.2. The highest BCUT2D eigenvalue weighted by molar-refractivity contribution is 7.94. The minimum atomic E-state index is -3.64. The molecular formula is C16H20ClNO4S. The molecule has 0 N–H and O–H groups in total. The summed E-state index contributed by atoms with van der Waals surface area (Å²) in [5.74, 6) is -0.214. The summed E-state index contributed by atoms with van der Waals surface area (Å²) in [5, 5.41) is -0.600. The van der Waals surface area contributed by atoms with Gasteiger partial charge in [0.25, 0.3) is 10.0 Å². The Balaban J connectivity index is 2.09. The Morgan fingerprint density at radius 1 is 1.26 bits per heavy atom. The molecule has 1 aliphatic carbocycles. The van der Waals surface area contributed by atoms with Gasteiger partial charge in [0.15, 0.2) is 5.78 Å². The number of rotatable bonds is 8. The van der Waals surface area contributed by atoms with E-state index in [0.717, 1.165) is 12.8 Å². The maximum atomic E-state index is 12.2. The quantitative estimate of drug-likeness (QED) is 0.406. The summed E-state index contributed by atoms with van der Waals surface area (Å²) in [5.41, 5.74) is 0.658. The summed E-state index contributed by atoms with van der Waals surface area (Å²) in [7, 11) is -3.64. The summed E-state index contributed by atoms with van der Waals surface area (Å²) in [6.45, 7) is 3.36. The van der Waals surface area contributed by atoms with E-state index in [1.807, 2.05) is 0 Å². The Hall–Kier alpha value is -1.40. The van der Waals surface area contributed by atoms with Crippen LogP contribution in [0, 0.1) is 5.92 Å². The fourth-order valence-corrected chi connectivity index (χ4v) is 3.76. The van der Waals surface area contributed by atoms with Crippen LogP contribution in [0.25, 0.3) is 0 Å². The first-order valence-corrected chi connectivity index (χ1v) is 9.47. The van der Waals surface area contributed by atoms with E-state index in [1.54, 1.807) is 13.8 Å². The first kappa shape index (κ1) is 17.9. The summed E-state index contributed by atoms with van der Waals surface area (Å²) < 4.78 is 25.1. The van der Waals surface area contributed by atoms with Crippen LogP contribution in [0.3, 0.4) is 0 Å². The van der Waals surface area contributed by atoms with Gasteiger partial charge >= 0.3 is 0 Å². The molecule has 1 atom stereocenters. The largest absolute Gasteiger partial charge is 0.299 e. The van der Waals surface area contributed by atoms with Crippen LogP contribution < -0.4 is 3.82 Å². The molecule has 2 rings (SSSR count). The average molecular weight is 358 g/mol. The van der Waals surface area contributed by atoms with Crippen LogP contribution in [0.15, 0.2) is 24.3 Å². The van der Waals surface area contributed by atoms with Gasteiger partial charge in [-0.3, -0.25) is 9.59 Å². The van der Waals surface area contributed by atoms with Crippen molar-refractivity contribution in [1.29, 1.82) is 0 Å². The molecule has 1 aliphatic rings. The number of hydrogen-bond acceptors (Lipinski definition) is 4. The fourth-order valence-electron chi connectivity index (χ4n) is 2.09. The zero-order valence-corrected chi connectivity index (χ0v) is 14.7. The Labute approximate surface area is 141 Å². The van der Waals surface area contributed by atoms with Crippen molar-refractivity contribution in [2.75, 3.05) is 3.82 Å². The van der Waals surface area contributed by atoms with Crippen molar-refractivity contribution < 1.29 is 18.0 Å². The standard InChI is InChI=1S/C16H20ClNO4S/c1-3-11(2)23(21,22)18(17)14-8-6-13(7-9-14)16(20)10-15(19)12-4-5-12/h6-9,11-12H,3-5,10H2,1-2H3. The molecule has 126 valence electrons. The number of carbonyl (C=O) groups excluding carboxylic acids is 2. The summed E-state index contributed by atoms with van der Waals surface area (Å²) in [6.07, 6.45) is 2.10. The van der Waals surface area contributed by atoms with E-state index in [4.69, 9.17) is 11.8 Å². The zero-order valence-electron chi connectivity index (χ0n) is 13.2. The third-order valence-corrected chi connectivity index (χ3v) is 6.85. The van der Waals surface area contributed by atoms with Crippen LogP contribution in [0.5, 0.6) is 0 Å². The molecule has 1 fully saturated rings. The molecule has 23 heavy (non-hydrogen) atoms. The lowest BCUT2D eigenvalue weighted by Gasteiger charge is -2.20. The lowest BCUT2D eigenvalue weighted by Crippen LogP contribution is -2.30. The van der Waals surface area contributed by atoms with Gasteiger partial charge in [0.1, 0.15) is 5.78 Å². The van der Waals surface area contributed by atoms with Gasteiger partial charge in [0.05, 0.1) is 17.4 Å². The topological polar surface area (TPSA) is 71.5 Å². The van der Waals surface area contributed by atoms with Gasteiger partial charge in [-0.25, -0.2) is 8.42 Å². The number of carbonyl (C=O) groups is 2. The molecule has 1 unspecified atom stereocenters. The Morgan fingerprint density at radius 2 is 1.83 bits per heavy atom. The minimum Gasteiger partial charge on any atom is -0.299 e. The SMILES string of the molecule is CCC(C)S(=O)(=O)N(Cl)c1ccc(C(=O)CC(=O)C2CC2)cc1. The number of nitrogens with zero attached hydrogens (tertiary/aromatic N) is 1. The van der Waals surface area contributed by atoms with Gasteiger partial charge in [0, 0.05) is 23.3 Å². The van der Waals surface area contributed by atoms with Crippen molar-refractivity contribution in [2.24, 2.45) is 5.92 Å². The lowest BCUT2D eigenvalue weighted by atomic mass is 10.0. The fraction of sp³-hybridized carbons (Fsp3) is 0.500. The maximum Gasteiger partial charge on any atom is 0.251 e. The number of hydrogen-bond donors (Lipinski definition) is 0. The van der Waals surface area contributed by atoms with E-state index >= 15 is 0 Å². The number of ketones is 2. The smallest absolute Gasteiger partial charge is 0.251 e. The Morgan fingerprint density at radius 3 is 2.30 bits per heavy atom. The van der Waals surface area contributed by atoms with Gasteiger partial charge in [-0.15, -0.1) is 0 Å². The second-order valence-corrected chi connectivity index (χ2v) is 8.60. The highest BCUT2D eigenvalue weighted by Crippen LogP contribution is 2.31. The molecule has 7 heteroatoms. The van der Waals surface area contributed by atoms with Crippen molar-refractivity contribution in [3.8, 4) is 0 Å². The van der Waals surface area contributed by atoms with Crippen LogP contribution >= 0.6 is 11.8 Å². The van der Waals surface area contributed by atoms with Gasteiger partial charge in [-0.1, -0.05) is 6.92 Å². The molecule has 0 saturated heterocycles. The Bertz CT molecular complexity index is 695. The highest BCUT2D eigenvalue weighted by atomic mass is 35.5. The van der Waals surface area contributed by atoms with E-state index in [1.165, 1.54) is 24.3 Å². The van der Waals surface area contributed by atoms with Crippen molar-refractivity contribution in [2.45, 2.75) is 44.8 Å². The molecule has 0 heterocycles. The molecule has 0 bridgehead atoms. The lowest BCUT2D eigenvalue weighted by molar-refractivity contribution is -0.119. The molecule has 0 radical (unpaired) electrons. The molecule has 0 spiro atoms. The molecule has 1 aromatic carbocycles. The minimum absolute atomic E-state index is 0.0163. The van der Waals surface area contributed by atoms with E-state index in [9.17, 15) is 18.0 Å². The molecule has 1 saturated carbocycles. The van der Waals surface area contributed by atoms with Crippen LogP contribution in [0.4, 0.5) is 5.69 Å². The molecular weight excluding hydrogens is 338 g/mol. The monoisotopic (exact) mass is 357 g/mol. The van der Waals surface area contributed by atoms with E-state index in [0.29, 0.717) is 15.8 Å².